The Bertz CT molecular complexity index is 1220. The smallest absolute Gasteiger partial charge is 0.277 e. The highest BCUT2D eigenvalue weighted by molar-refractivity contribution is 6.09. The summed E-state index contributed by atoms with van der Waals surface area (Å²) in [5, 5.41) is 4.56. The molecule has 4 heterocycles. The molecule has 0 N–H and O–H groups in total. The van der Waals surface area contributed by atoms with Crippen LogP contribution in [0.5, 0.6) is 0 Å². The molecule has 0 aliphatic carbocycles. The van der Waals surface area contributed by atoms with E-state index >= 15 is 0 Å². The predicted octanol–water partition coefficient (Wildman–Crippen LogP) is 4.29. The number of rotatable bonds is 3. The number of pyridine rings is 1. The van der Waals surface area contributed by atoms with Crippen molar-refractivity contribution >= 4 is 17.2 Å². The molecule has 0 saturated heterocycles. The Morgan fingerprint density at radius 3 is 2.66 bits per heavy atom. The highest BCUT2D eigenvalue weighted by atomic mass is 16.2. The molecule has 0 saturated carbocycles. The summed E-state index contributed by atoms with van der Waals surface area (Å²) in [4.78, 5) is 19.8. The minimum Gasteiger partial charge on any atom is -0.305 e. The topological polar surface area (TPSA) is 55.4 Å². The fourth-order valence-electron chi connectivity index (χ4n) is 4.07. The monoisotopic (exact) mass is 385 g/mol. The van der Waals surface area contributed by atoms with Gasteiger partial charge >= 0.3 is 0 Å². The van der Waals surface area contributed by atoms with Crippen LogP contribution < -0.4 is 4.90 Å². The number of aromatic nitrogens is 4. The van der Waals surface area contributed by atoms with Gasteiger partial charge in [-0.25, -0.2) is 4.98 Å². The van der Waals surface area contributed by atoms with E-state index in [-0.39, 0.29) is 11.9 Å². The van der Waals surface area contributed by atoms with E-state index in [0.29, 0.717) is 12.2 Å². The quantitative estimate of drug-likeness (QED) is 0.529. The van der Waals surface area contributed by atoms with Gasteiger partial charge in [-0.1, -0.05) is 24.6 Å². The Morgan fingerprint density at radius 1 is 1.10 bits per heavy atom. The van der Waals surface area contributed by atoms with E-state index < -0.39 is 0 Å². The summed E-state index contributed by atoms with van der Waals surface area (Å²) >= 11 is 0. The molecular weight excluding hydrogens is 362 g/mol. The summed E-state index contributed by atoms with van der Waals surface area (Å²) in [7, 11) is 0. The molecule has 1 aliphatic heterocycles. The first-order valence-electron chi connectivity index (χ1n) is 9.99. The normalized spacial score (nSPS) is 16.4. The Labute approximate surface area is 169 Å². The number of carbonyl (C=O) groups excluding carboxylic acids is 1. The summed E-state index contributed by atoms with van der Waals surface area (Å²) < 4.78 is 3.95. The third kappa shape index (κ3) is 2.75. The van der Waals surface area contributed by atoms with Gasteiger partial charge in [0.2, 0.25) is 0 Å². The standard InChI is InChI=1S/C23H23N5O/c1-4-18-11-24-21-10-7-17(14-26(18)21)20-12-25-28-16(3)13-27(23(29)22(20)28)19-8-5-15(2)6-9-19/h5-12,14,16H,4,13H2,1-3H3/t16-/m0/s1. The highest BCUT2D eigenvalue weighted by Gasteiger charge is 2.33. The van der Waals surface area contributed by atoms with Crippen LogP contribution in [0.15, 0.2) is 55.0 Å². The van der Waals surface area contributed by atoms with Gasteiger partial charge in [-0.05, 0) is 44.5 Å². The number of amides is 1. The molecule has 4 aromatic rings. The van der Waals surface area contributed by atoms with E-state index in [4.69, 9.17) is 0 Å². The Kier molecular flexibility index (Phi) is 4.01. The van der Waals surface area contributed by atoms with Gasteiger partial charge < -0.3 is 9.30 Å². The lowest BCUT2D eigenvalue weighted by atomic mass is 10.0. The molecule has 0 radical (unpaired) electrons. The van der Waals surface area contributed by atoms with Crippen LogP contribution in [-0.4, -0.2) is 31.6 Å². The van der Waals surface area contributed by atoms with Gasteiger partial charge in [0.15, 0.2) is 0 Å². The SMILES string of the molecule is CCc1cnc2ccc(-c3cnn4c3C(=O)N(c3ccc(C)cc3)C[C@@H]4C)cn12. The van der Waals surface area contributed by atoms with E-state index in [1.54, 1.807) is 0 Å². The van der Waals surface area contributed by atoms with Gasteiger partial charge in [-0.3, -0.25) is 9.48 Å². The molecule has 0 fully saturated rings. The van der Waals surface area contributed by atoms with E-state index in [2.05, 4.69) is 41.5 Å². The van der Waals surface area contributed by atoms with Gasteiger partial charge in [-0.2, -0.15) is 5.10 Å². The number of carbonyl (C=O) groups is 1. The second-order valence-electron chi connectivity index (χ2n) is 7.70. The van der Waals surface area contributed by atoms with Crippen LogP contribution in [0.1, 0.15) is 41.6 Å². The predicted molar refractivity (Wildman–Crippen MR) is 113 cm³/mol. The summed E-state index contributed by atoms with van der Waals surface area (Å²) in [5.41, 5.74) is 6.62. The first kappa shape index (κ1) is 17.7. The van der Waals surface area contributed by atoms with Crippen molar-refractivity contribution in [1.82, 2.24) is 19.2 Å². The van der Waals surface area contributed by atoms with E-state index in [0.717, 1.165) is 34.6 Å². The molecule has 29 heavy (non-hydrogen) atoms. The van der Waals surface area contributed by atoms with Crippen molar-refractivity contribution in [2.75, 3.05) is 11.4 Å². The molecule has 1 atom stereocenters. The Balaban J connectivity index is 1.62. The highest BCUT2D eigenvalue weighted by Crippen LogP contribution is 2.33. The zero-order valence-corrected chi connectivity index (χ0v) is 16.8. The third-order valence-corrected chi connectivity index (χ3v) is 5.71. The van der Waals surface area contributed by atoms with E-state index in [9.17, 15) is 4.79 Å². The van der Waals surface area contributed by atoms with E-state index in [1.807, 2.05) is 58.4 Å². The van der Waals surface area contributed by atoms with Crippen molar-refractivity contribution < 1.29 is 4.79 Å². The maximum Gasteiger partial charge on any atom is 0.277 e. The molecule has 6 heteroatoms. The van der Waals surface area contributed by atoms with Crippen LogP contribution in [-0.2, 0) is 6.42 Å². The van der Waals surface area contributed by atoms with Crippen LogP contribution in [0, 0.1) is 6.92 Å². The van der Waals surface area contributed by atoms with Crippen LogP contribution in [0.3, 0.4) is 0 Å². The number of benzene rings is 1. The lowest BCUT2D eigenvalue weighted by Crippen LogP contribution is -2.42. The van der Waals surface area contributed by atoms with Crippen molar-refractivity contribution in [3.8, 4) is 11.1 Å². The van der Waals surface area contributed by atoms with E-state index in [1.165, 1.54) is 5.56 Å². The molecule has 1 aromatic carbocycles. The maximum absolute atomic E-state index is 13.5. The zero-order chi connectivity index (χ0) is 20.1. The number of hydrogen-bond acceptors (Lipinski definition) is 3. The molecule has 1 aliphatic rings. The average molecular weight is 385 g/mol. The van der Waals surface area contributed by atoms with Crippen LogP contribution in [0.2, 0.25) is 0 Å². The molecule has 0 bridgehead atoms. The molecule has 5 rings (SSSR count). The first-order chi connectivity index (χ1) is 14.1. The van der Waals surface area contributed by atoms with Gasteiger partial charge in [-0.15, -0.1) is 0 Å². The maximum atomic E-state index is 13.5. The Hall–Kier alpha value is -3.41. The fraction of sp³-hybridized carbons (Fsp3) is 0.261. The summed E-state index contributed by atoms with van der Waals surface area (Å²) in [6.07, 6.45) is 6.67. The van der Waals surface area contributed by atoms with Gasteiger partial charge in [0.05, 0.1) is 12.2 Å². The summed E-state index contributed by atoms with van der Waals surface area (Å²) in [6, 6.07) is 12.2. The number of hydrogen-bond donors (Lipinski definition) is 0. The number of aryl methyl sites for hydroxylation is 2. The molecule has 1 amide bonds. The first-order valence-corrected chi connectivity index (χ1v) is 9.99. The van der Waals surface area contributed by atoms with Crippen molar-refractivity contribution in [3.05, 3.63) is 71.9 Å². The molecule has 0 spiro atoms. The van der Waals surface area contributed by atoms with Crippen LogP contribution >= 0.6 is 0 Å². The fourth-order valence-corrected chi connectivity index (χ4v) is 4.07. The Morgan fingerprint density at radius 2 is 1.90 bits per heavy atom. The number of imidazole rings is 1. The van der Waals surface area contributed by atoms with Crippen LogP contribution in [0.25, 0.3) is 16.8 Å². The van der Waals surface area contributed by atoms with Gasteiger partial charge in [0.1, 0.15) is 11.3 Å². The lowest BCUT2D eigenvalue weighted by Gasteiger charge is -2.32. The lowest BCUT2D eigenvalue weighted by molar-refractivity contribution is 0.0954. The average Bonchev–Trinajstić information content (AvgIpc) is 3.35. The van der Waals surface area contributed by atoms with Crippen molar-refractivity contribution in [2.45, 2.75) is 33.2 Å². The van der Waals surface area contributed by atoms with Crippen molar-refractivity contribution in [1.29, 1.82) is 0 Å². The molecule has 0 unspecified atom stereocenters. The molecule has 146 valence electrons. The second kappa shape index (κ2) is 6.58. The minimum atomic E-state index is -0.0131. The van der Waals surface area contributed by atoms with Crippen LogP contribution in [0.4, 0.5) is 5.69 Å². The minimum absolute atomic E-state index is 0.0131. The van der Waals surface area contributed by atoms with Crippen molar-refractivity contribution in [2.24, 2.45) is 0 Å². The van der Waals surface area contributed by atoms with Gasteiger partial charge in [0, 0.05) is 41.4 Å². The number of anilines is 1. The van der Waals surface area contributed by atoms with Gasteiger partial charge in [0.25, 0.3) is 5.91 Å². The molecular formula is C23H23N5O. The molecule has 6 nitrogen and oxygen atoms in total. The third-order valence-electron chi connectivity index (χ3n) is 5.71. The number of fused-ring (bicyclic) bond motifs is 2. The molecule has 3 aromatic heterocycles. The summed E-state index contributed by atoms with van der Waals surface area (Å²) in [5.74, 6) is -0.0131. The zero-order valence-electron chi connectivity index (χ0n) is 16.8. The largest absolute Gasteiger partial charge is 0.305 e. The second-order valence-corrected chi connectivity index (χ2v) is 7.70. The summed E-state index contributed by atoms with van der Waals surface area (Å²) in [6.45, 7) is 6.87. The number of nitrogens with zero attached hydrogens (tertiary/aromatic N) is 5. The van der Waals surface area contributed by atoms with Crippen molar-refractivity contribution in [3.63, 3.8) is 0 Å².